The van der Waals surface area contributed by atoms with E-state index in [1.807, 2.05) is 6.92 Å². The van der Waals surface area contributed by atoms with Crippen LogP contribution in [-0.2, 0) is 24.2 Å². The SMILES string of the molecule is [2H]C1([2H])C[C@]2(C)C3CC[C@@]4(C)C(CC[C@@H]4[C@H](C)CCC(=O)NCC(=O)O)C3C(O)C[C@@H]2C([2H])([2H])[C@@H]1OS(=O)(=O)O. The van der Waals surface area contributed by atoms with Crippen LogP contribution >= 0.6 is 0 Å². The van der Waals surface area contributed by atoms with E-state index in [9.17, 15) is 27.7 Å². The maximum Gasteiger partial charge on any atom is 0.397 e. The molecule has 0 radical (unpaired) electrons. The molecule has 4 aliphatic rings. The molecule has 4 aliphatic carbocycles. The van der Waals surface area contributed by atoms with Crippen molar-refractivity contribution in [1.82, 2.24) is 5.32 Å². The van der Waals surface area contributed by atoms with E-state index < -0.39 is 59.2 Å². The summed E-state index contributed by atoms with van der Waals surface area (Å²) in [5.41, 5.74) is -0.977. The zero-order valence-corrected chi connectivity index (χ0v) is 22.1. The zero-order valence-electron chi connectivity index (χ0n) is 25.3. The van der Waals surface area contributed by atoms with Crippen LogP contribution in [0.25, 0.3) is 0 Å². The third kappa shape index (κ3) is 5.33. The molecule has 9 nitrogen and oxygen atoms in total. The van der Waals surface area contributed by atoms with Gasteiger partial charge in [0.05, 0.1) is 12.2 Å². The smallest absolute Gasteiger partial charge is 0.397 e. The van der Waals surface area contributed by atoms with Gasteiger partial charge in [-0.25, -0.2) is 4.18 Å². The molecule has 0 bridgehead atoms. The Morgan fingerprint density at radius 1 is 1.17 bits per heavy atom. The number of carboxylic acids is 1. The number of hydrogen-bond acceptors (Lipinski definition) is 6. The van der Waals surface area contributed by atoms with Gasteiger partial charge in [-0.1, -0.05) is 20.8 Å². The number of aliphatic hydroxyl groups excluding tert-OH is 1. The lowest BCUT2D eigenvalue weighted by molar-refractivity contribution is -0.172. The van der Waals surface area contributed by atoms with Crippen LogP contribution in [0.4, 0.5) is 0 Å². The van der Waals surface area contributed by atoms with Gasteiger partial charge < -0.3 is 15.5 Å². The quantitative estimate of drug-likeness (QED) is 0.347. The summed E-state index contributed by atoms with van der Waals surface area (Å²) in [5.74, 6) is -1.97. The van der Waals surface area contributed by atoms with Crippen LogP contribution in [0.15, 0.2) is 0 Å². The van der Waals surface area contributed by atoms with E-state index in [-0.39, 0.29) is 54.3 Å². The van der Waals surface area contributed by atoms with Crippen molar-refractivity contribution in [2.75, 3.05) is 6.54 Å². The van der Waals surface area contributed by atoms with Crippen LogP contribution in [-0.4, -0.2) is 53.8 Å². The number of carboxylic acid groups (broad SMARTS) is 1. The lowest BCUT2D eigenvalue weighted by Gasteiger charge is -2.62. The third-order valence-corrected chi connectivity index (χ3v) is 10.6. The molecule has 4 saturated carbocycles. The minimum Gasteiger partial charge on any atom is -0.480 e. The highest BCUT2D eigenvalue weighted by Gasteiger charge is 2.63. The first kappa shape index (κ1) is 22.7. The standard InChI is InChI=1S/C26H43NO8S/c1-15(4-7-22(29)27-14-23(30)31)18-5-6-19-24-20(9-11-26(18,19)3)25(2)10-8-17(35-36(32,33)34)12-16(25)13-21(24)28/h15-21,24,28H,4-14H2,1-3H3,(H,27,29)(H,30,31)(H,32,33,34)/t15-,16+,17-,18-,19?,20?,21?,24?,25+,26-/m1/s1/i8D2,12D2. The predicted molar refractivity (Wildman–Crippen MR) is 132 cm³/mol. The summed E-state index contributed by atoms with van der Waals surface area (Å²) in [4.78, 5) is 22.8. The van der Waals surface area contributed by atoms with Crippen molar-refractivity contribution < 1.29 is 42.4 Å². The summed E-state index contributed by atoms with van der Waals surface area (Å²) in [6.07, 6.45) is -3.70. The van der Waals surface area contributed by atoms with Crippen molar-refractivity contribution in [3.63, 3.8) is 0 Å². The number of rotatable bonds is 8. The summed E-state index contributed by atoms with van der Waals surface area (Å²) in [7, 11) is -5.11. The van der Waals surface area contributed by atoms with E-state index in [2.05, 4.69) is 23.3 Å². The number of hydrogen-bond donors (Lipinski definition) is 4. The molecule has 4 fully saturated rings. The van der Waals surface area contributed by atoms with E-state index in [0.29, 0.717) is 18.8 Å². The van der Waals surface area contributed by atoms with Gasteiger partial charge >= 0.3 is 16.4 Å². The minimum atomic E-state index is -5.11. The highest BCUT2D eigenvalue weighted by atomic mass is 32.3. The molecule has 0 aromatic heterocycles. The Balaban J connectivity index is 1.55. The second-order valence-electron chi connectivity index (χ2n) is 12.0. The average molecular weight is 534 g/mol. The van der Waals surface area contributed by atoms with Crippen molar-refractivity contribution >= 4 is 22.3 Å². The number of carbonyl (C=O) groups excluding carboxylic acids is 1. The number of nitrogens with one attached hydrogen (secondary N) is 1. The van der Waals surface area contributed by atoms with Crippen LogP contribution < -0.4 is 5.32 Å². The van der Waals surface area contributed by atoms with Gasteiger partial charge in [-0.3, -0.25) is 14.1 Å². The summed E-state index contributed by atoms with van der Waals surface area (Å²) in [5, 5.41) is 22.7. The molecule has 0 aromatic rings. The molecule has 10 heteroatoms. The number of aliphatic carboxylic acids is 1. The fourth-order valence-electron chi connectivity index (χ4n) is 8.48. The van der Waals surface area contributed by atoms with Gasteiger partial charge in [0.15, 0.2) is 0 Å². The molecule has 10 atom stereocenters. The molecule has 206 valence electrons. The Bertz CT molecular complexity index is 1120. The van der Waals surface area contributed by atoms with Gasteiger partial charge in [0.2, 0.25) is 5.91 Å². The van der Waals surface area contributed by atoms with Gasteiger partial charge in [0, 0.05) is 11.9 Å². The van der Waals surface area contributed by atoms with Crippen LogP contribution in [0, 0.1) is 46.3 Å². The van der Waals surface area contributed by atoms with E-state index in [0.717, 1.165) is 19.3 Å². The van der Waals surface area contributed by atoms with Gasteiger partial charge in [0.1, 0.15) is 6.54 Å². The Morgan fingerprint density at radius 2 is 1.86 bits per heavy atom. The average Bonchev–Trinajstić information content (AvgIpc) is 3.17. The number of aliphatic hydroxyl groups is 1. The summed E-state index contributed by atoms with van der Waals surface area (Å²) < 4.78 is 71.8. The molecular formula is C26H43NO8S. The van der Waals surface area contributed by atoms with Crippen molar-refractivity contribution in [3.05, 3.63) is 0 Å². The third-order valence-electron chi connectivity index (χ3n) is 10.2. The van der Waals surface area contributed by atoms with Crippen LogP contribution in [0.5, 0.6) is 0 Å². The zero-order chi connectivity index (χ0) is 30.1. The molecule has 4 rings (SSSR count). The number of carbonyl (C=O) groups is 2. The van der Waals surface area contributed by atoms with Crippen molar-refractivity contribution in [1.29, 1.82) is 0 Å². The van der Waals surface area contributed by atoms with Crippen molar-refractivity contribution in [2.24, 2.45) is 46.3 Å². The highest BCUT2D eigenvalue weighted by molar-refractivity contribution is 7.80. The molecule has 0 aliphatic heterocycles. The Hall–Kier alpha value is -1.23. The number of fused-ring (bicyclic) bond motifs is 5. The first-order valence-corrected chi connectivity index (χ1v) is 14.4. The number of amides is 1. The normalized spacial score (nSPS) is 47.5. The van der Waals surface area contributed by atoms with E-state index in [1.54, 1.807) is 0 Å². The van der Waals surface area contributed by atoms with Crippen molar-refractivity contribution in [3.8, 4) is 0 Å². The predicted octanol–water partition coefficient (Wildman–Crippen LogP) is 3.42. The van der Waals surface area contributed by atoms with E-state index in [4.69, 9.17) is 10.6 Å². The first-order valence-electron chi connectivity index (χ1n) is 15.1. The Morgan fingerprint density at radius 3 is 2.53 bits per heavy atom. The fourth-order valence-corrected chi connectivity index (χ4v) is 8.84. The molecule has 0 aromatic carbocycles. The second kappa shape index (κ2) is 10.2. The molecule has 0 spiro atoms. The van der Waals surface area contributed by atoms with Crippen molar-refractivity contribution in [2.45, 2.75) is 97.1 Å². The molecule has 1 amide bonds. The van der Waals surface area contributed by atoms with Gasteiger partial charge in [0.25, 0.3) is 0 Å². The van der Waals surface area contributed by atoms with Gasteiger partial charge in [-0.05, 0) is 104 Å². The Kier molecular flexibility index (Phi) is 6.41. The fraction of sp³-hybridized carbons (Fsp3) is 0.923. The van der Waals surface area contributed by atoms with Crippen LogP contribution in [0.1, 0.15) is 90.4 Å². The maximum atomic E-state index is 12.1. The van der Waals surface area contributed by atoms with Gasteiger partial charge in [-0.15, -0.1) is 0 Å². The van der Waals surface area contributed by atoms with Gasteiger partial charge in [-0.2, -0.15) is 8.42 Å². The summed E-state index contributed by atoms with van der Waals surface area (Å²) >= 11 is 0. The van der Waals surface area contributed by atoms with Crippen LogP contribution in [0.2, 0.25) is 0 Å². The second-order valence-corrected chi connectivity index (χ2v) is 13.1. The summed E-state index contributed by atoms with van der Waals surface area (Å²) in [6.45, 7) is 5.82. The maximum absolute atomic E-state index is 12.1. The van der Waals surface area contributed by atoms with E-state index >= 15 is 0 Å². The minimum absolute atomic E-state index is 0.0443. The molecule has 0 saturated heterocycles. The lowest BCUT2D eigenvalue weighted by atomic mass is 9.43. The highest BCUT2D eigenvalue weighted by Crippen LogP contribution is 2.68. The largest absolute Gasteiger partial charge is 0.480 e. The topological polar surface area (TPSA) is 150 Å². The molecular weight excluding hydrogens is 486 g/mol. The summed E-state index contributed by atoms with van der Waals surface area (Å²) in [6, 6.07) is 0. The molecule has 4 unspecified atom stereocenters. The first-order chi connectivity index (χ1) is 18.2. The van der Waals surface area contributed by atoms with Crippen LogP contribution in [0.3, 0.4) is 0 Å². The molecule has 36 heavy (non-hydrogen) atoms. The lowest BCUT2D eigenvalue weighted by Crippen LogP contribution is -2.58. The van der Waals surface area contributed by atoms with E-state index in [1.165, 1.54) is 0 Å². The monoisotopic (exact) mass is 533 g/mol. The molecule has 4 N–H and O–H groups in total. The Labute approximate surface area is 220 Å². The molecule has 0 heterocycles.